The van der Waals surface area contributed by atoms with Crippen LogP contribution >= 0.6 is 0 Å². The van der Waals surface area contributed by atoms with E-state index in [1.54, 1.807) is 13.1 Å². The maximum atomic E-state index is 10.9. The lowest BCUT2D eigenvalue weighted by molar-refractivity contribution is -0.119. The van der Waals surface area contributed by atoms with Crippen LogP contribution in [-0.4, -0.2) is 13.0 Å². The van der Waals surface area contributed by atoms with Gasteiger partial charge in [0.05, 0.1) is 0 Å². The van der Waals surface area contributed by atoms with Gasteiger partial charge in [-0.1, -0.05) is 31.2 Å². The standard InChI is InChI=1S/C9H15NO/c1-4-6-8(5-2)7-9(11)10-3/h4,6H,1,5,7H2,2-3H3,(H,10,11)/b8-6+. The fraction of sp³-hybridized carbons (Fsp3) is 0.444. The van der Waals surface area contributed by atoms with Crippen LogP contribution in [-0.2, 0) is 4.79 Å². The molecule has 0 aliphatic carbocycles. The lowest BCUT2D eigenvalue weighted by Gasteiger charge is -2.01. The van der Waals surface area contributed by atoms with Crippen LogP contribution in [0.1, 0.15) is 19.8 Å². The normalized spacial score (nSPS) is 10.9. The molecule has 2 heteroatoms. The Morgan fingerprint density at radius 2 is 2.27 bits per heavy atom. The minimum atomic E-state index is 0.0555. The Kier molecular flexibility index (Phi) is 5.17. The van der Waals surface area contributed by atoms with E-state index < -0.39 is 0 Å². The molecule has 0 rings (SSSR count). The third-order valence-corrected chi connectivity index (χ3v) is 1.47. The highest BCUT2D eigenvalue weighted by Crippen LogP contribution is 2.05. The van der Waals surface area contributed by atoms with Gasteiger partial charge in [0.15, 0.2) is 0 Å². The van der Waals surface area contributed by atoms with E-state index in [-0.39, 0.29) is 5.91 Å². The number of amides is 1. The SMILES string of the molecule is C=C/C=C(\CC)CC(=O)NC. The van der Waals surface area contributed by atoms with Crippen LogP contribution in [0, 0.1) is 0 Å². The van der Waals surface area contributed by atoms with E-state index >= 15 is 0 Å². The number of carbonyl (C=O) groups is 1. The van der Waals surface area contributed by atoms with E-state index in [0.717, 1.165) is 12.0 Å². The molecule has 0 unspecified atom stereocenters. The minimum absolute atomic E-state index is 0.0555. The molecule has 0 saturated heterocycles. The lowest BCUT2D eigenvalue weighted by Crippen LogP contribution is -2.17. The van der Waals surface area contributed by atoms with E-state index in [9.17, 15) is 4.79 Å². The molecule has 0 heterocycles. The molecule has 0 aromatic heterocycles. The molecule has 0 spiro atoms. The first-order chi connectivity index (χ1) is 5.24. The molecule has 11 heavy (non-hydrogen) atoms. The zero-order chi connectivity index (χ0) is 8.69. The van der Waals surface area contributed by atoms with Crippen molar-refractivity contribution in [1.29, 1.82) is 0 Å². The highest BCUT2D eigenvalue weighted by atomic mass is 16.1. The topological polar surface area (TPSA) is 29.1 Å². The molecule has 2 nitrogen and oxygen atoms in total. The van der Waals surface area contributed by atoms with Crippen LogP contribution < -0.4 is 5.32 Å². The molecule has 0 fully saturated rings. The smallest absolute Gasteiger partial charge is 0.223 e. The summed E-state index contributed by atoms with van der Waals surface area (Å²) in [4.78, 5) is 10.9. The summed E-state index contributed by atoms with van der Waals surface area (Å²) in [5, 5.41) is 2.57. The van der Waals surface area contributed by atoms with Crippen molar-refractivity contribution in [3.8, 4) is 0 Å². The first-order valence-electron chi connectivity index (χ1n) is 3.75. The highest BCUT2D eigenvalue weighted by molar-refractivity contribution is 5.78. The molecule has 1 amide bonds. The second kappa shape index (κ2) is 5.71. The molecule has 0 aromatic carbocycles. The molecular formula is C9H15NO. The van der Waals surface area contributed by atoms with Crippen LogP contribution in [0.4, 0.5) is 0 Å². The van der Waals surface area contributed by atoms with Gasteiger partial charge in [-0.15, -0.1) is 0 Å². The van der Waals surface area contributed by atoms with Crippen LogP contribution in [0.25, 0.3) is 0 Å². The van der Waals surface area contributed by atoms with E-state index in [0.29, 0.717) is 6.42 Å². The number of allylic oxidation sites excluding steroid dienone is 2. The number of carbonyl (C=O) groups excluding carboxylic acids is 1. The second-order valence-corrected chi connectivity index (χ2v) is 2.26. The van der Waals surface area contributed by atoms with Crippen molar-refractivity contribution in [2.75, 3.05) is 7.05 Å². The van der Waals surface area contributed by atoms with Gasteiger partial charge < -0.3 is 5.32 Å². The largest absolute Gasteiger partial charge is 0.359 e. The van der Waals surface area contributed by atoms with E-state index in [1.165, 1.54) is 0 Å². The molecule has 0 atom stereocenters. The third-order valence-electron chi connectivity index (χ3n) is 1.47. The maximum absolute atomic E-state index is 10.9. The van der Waals surface area contributed by atoms with Crippen molar-refractivity contribution < 1.29 is 4.79 Å². The fourth-order valence-corrected chi connectivity index (χ4v) is 0.763. The van der Waals surface area contributed by atoms with Crippen molar-refractivity contribution in [2.45, 2.75) is 19.8 Å². The van der Waals surface area contributed by atoms with E-state index in [1.807, 2.05) is 13.0 Å². The Morgan fingerprint density at radius 3 is 2.64 bits per heavy atom. The average Bonchev–Trinajstić information content (AvgIpc) is 2.03. The van der Waals surface area contributed by atoms with Crippen molar-refractivity contribution in [3.63, 3.8) is 0 Å². The van der Waals surface area contributed by atoms with E-state index in [4.69, 9.17) is 0 Å². The number of hydrogen-bond donors (Lipinski definition) is 1. The van der Waals surface area contributed by atoms with Gasteiger partial charge in [-0.05, 0) is 6.42 Å². The van der Waals surface area contributed by atoms with Gasteiger partial charge in [0.1, 0.15) is 0 Å². The maximum Gasteiger partial charge on any atom is 0.223 e. The molecule has 0 aliphatic heterocycles. The zero-order valence-electron chi connectivity index (χ0n) is 7.18. The van der Waals surface area contributed by atoms with Crippen molar-refractivity contribution in [2.24, 2.45) is 0 Å². The average molecular weight is 153 g/mol. The van der Waals surface area contributed by atoms with Crippen molar-refractivity contribution in [1.82, 2.24) is 5.32 Å². The molecule has 0 radical (unpaired) electrons. The van der Waals surface area contributed by atoms with E-state index in [2.05, 4.69) is 11.9 Å². The van der Waals surface area contributed by atoms with Crippen molar-refractivity contribution >= 4 is 5.91 Å². The first kappa shape index (κ1) is 9.95. The molecular weight excluding hydrogens is 138 g/mol. The molecule has 0 bridgehead atoms. The summed E-state index contributed by atoms with van der Waals surface area (Å²) < 4.78 is 0. The van der Waals surface area contributed by atoms with Gasteiger partial charge in [0.2, 0.25) is 5.91 Å². The Hall–Kier alpha value is -1.05. The molecule has 62 valence electrons. The quantitative estimate of drug-likeness (QED) is 0.611. The van der Waals surface area contributed by atoms with Gasteiger partial charge in [0.25, 0.3) is 0 Å². The van der Waals surface area contributed by atoms with Crippen LogP contribution in [0.15, 0.2) is 24.3 Å². The summed E-state index contributed by atoms with van der Waals surface area (Å²) in [7, 11) is 1.64. The lowest BCUT2D eigenvalue weighted by atomic mass is 10.1. The predicted molar refractivity (Wildman–Crippen MR) is 47.3 cm³/mol. The summed E-state index contributed by atoms with van der Waals surface area (Å²) in [5.74, 6) is 0.0555. The van der Waals surface area contributed by atoms with Gasteiger partial charge in [-0.2, -0.15) is 0 Å². The fourth-order valence-electron chi connectivity index (χ4n) is 0.763. The zero-order valence-corrected chi connectivity index (χ0v) is 7.18. The van der Waals surface area contributed by atoms with Crippen LogP contribution in [0.3, 0.4) is 0 Å². The Balaban J connectivity index is 3.97. The Labute approximate surface area is 68.0 Å². The molecule has 0 aliphatic rings. The molecule has 0 aromatic rings. The summed E-state index contributed by atoms with van der Waals surface area (Å²) >= 11 is 0. The number of hydrogen-bond acceptors (Lipinski definition) is 1. The van der Waals surface area contributed by atoms with Gasteiger partial charge >= 0.3 is 0 Å². The number of rotatable bonds is 4. The Morgan fingerprint density at radius 1 is 1.64 bits per heavy atom. The summed E-state index contributed by atoms with van der Waals surface area (Å²) in [6.45, 7) is 5.60. The second-order valence-electron chi connectivity index (χ2n) is 2.26. The number of nitrogens with one attached hydrogen (secondary N) is 1. The summed E-state index contributed by atoms with van der Waals surface area (Å²) in [6.07, 6.45) is 4.98. The Bertz CT molecular complexity index is 170. The molecule has 1 N–H and O–H groups in total. The van der Waals surface area contributed by atoms with Gasteiger partial charge in [-0.25, -0.2) is 0 Å². The van der Waals surface area contributed by atoms with Crippen LogP contribution in [0.2, 0.25) is 0 Å². The summed E-state index contributed by atoms with van der Waals surface area (Å²) in [6, 6.07) is 0. The minimum Gasteiger partial charge on any atom is -0.359 e. The highest BCUT2D eigenvalue weighted by Gasteiger charge is 1.99. The first-order valence-corrected chi connectivity index (χ1v) is 3.75. The molecule has 0 saturated carbocycles. The monoisotopic (exact) mass is 153 g/mol. The van der Waals surface area contributed by atoms with Gasteiger partial charge in [-0.3, -0.25) is 4.79 Å². The van der Waals surface area contributed by atoms with Crippen molar-refractivity contribution in [3.05, 3.63) is 24.3 Å². The van der Waals surface area contributed by atoms with Gasteiger partial charge in [0, 0.05) is 13.5 Å². The van der Waals surface area contributed by atoms with Crippen LogP contribution in [0.5, 0.6) is 0 Å². The third kappa shape index (κ3) is 4.37. The summed E-state index contributed by atoms with van der Waals surface area (Å²) in [5.41, 5.74) is 1.11. The predicted octanol–water partition coefficient (Wildman–Crippen LogP) is 1.64.